The Balaban J connectivity index is 1.67. The van der Waals surface area contributed by atoms with Gasteiger partial charge in [0, 0.05) is 51.0 Å². The highest BCUT2D eigenvalue weighted by molar-refractivity contribution is 5.95. The normalized spacial score (nSPS) is 14.0. The zero-order valence-electron chi connectivity index (χ0n) is 17.8. The summed E-state index contributed by atoms with van der Waals surface area (Å²) >= 11 is 0. The second-order valence-corrected chi connectivity index (χ2v) is 7.34. The molecule has 3 rings (SSSR count). The molecule has 2 aromatic rings. The summed E-state index contributed by atoms with van der Waals surface area (Å²) < 4.78 is 5.48. The Bertz CT molecular complexity index is 797. The van der Waals surface area contributed by atoms with Crippen LogP contribution in [0.1, 0.15) is 37.0 Å². The Morgan fingerprint density at radius 3 is 2.41 bits per heavy atom. The Labute approximate surface area is 174 Å². The number of benzene rings is 1. The van der Waals surface area contributed by atoms with E-state index in [-0.39, 0.29) is 5.91 Å². The van der Waals surface area contributed by atoms with E-state index in [1.807, 2.05) is 35.2 Å². The van der Waals surface area contributed by atoms with E-state index >= 15 is 0 Å². The van der Waals surface area contributed by atoms with E-state index in [1.165, 1.54) is 0 Å². The van der Waals surface area contributed by atoms with Crippen molar-refractivity contribution in [2.45, 2.75) is 26.7 Å². The van der Waals surface area contributed by atoms with Crippen molar-refractivity contribution < 1.29 is 9.53 Å². The number of hydrogen-bond donors (Lipinski definition) is 0. The molecular formula is C23H32N4O2. The van der Waals surface area contributed by atoms with Gasteiger partial charge in [0.2, 0.25) is 0 Å². The molecule has 0 bridgehead atoms. The predicted octanol–water partition coefficient (Wildman–Crippen LogP) is 3.68. The van der Waals surface area contributed by atoms with Crippen LogP contribution in [0.2, 0.25) is 0 Å². The average Bonchev–Trinajstić information content (AvgIpc) is 2.78. The van der Waals surface area contributed by atoms with Crippen molar-refractivity contribution in [2.24, 2.45) is 0 Å². The minimum absolute atomic E-state index is 0.0845. The molecule has 0 atom stereocenters. The molecule has 6 heteroatoms. The number of amides is 1. The highest BCUT2D eigenvalue weighted by atomic mass is 16.5. The Hall–Kier alpha value is -2.76. The van der Waals surface area contributed by atoms with Gasteiger partial charge in [0.1, 0.15) is 11.6 Å². The monoisotopic (exact) mass is 396 g/mol. The molecule has 1 aromatic carbocycles. The molecule has 1 amide bonds. The van der Waals surface area contributed by atoms with Crippen LogP contribution in [0.4, 0.5) is 11.5 Å². The molecule has 0 radical (unpaired) electrons. The first-order valence-corrected chi connectivity index (χ1v) is 10.6. The van der Waals surface area contributed by atoms with Crippen molar-refractivity contribution in [3.63, 3.8) is 0 Å². The number of piperazine rings is 1. The lowest BCUT2D eigenvalue weighted by Gasteiger charge is -2.36. The quantitative estimate of drug-likeness (QED) is 0.681. The van der Waals surface area contributed by atoms with Crippen LogP contribution in [0.5, 0.6) is 5.75 Å². The summed E-state index contributed by atoms with van der Waals surface area (Å²) in [5.74, 6) is 1.85. The molecule has 0 spiro atoms. The molecule has 1 fully saturated rings. The summed E-state index contributed by atoms with van der Waals surface area (Å²) in [6, 6.07) is 11.8. The van der Waals surface area contributed by atoms with Crippen molar-refractivity contribution in [3.8, 4) is 5.75 Å². The number of anilines is 2. The van der Waals surface area contributed by atoms with Crippen LogP contribution in [-0.4, -0.2) is 62.2 Å². The third kappa shape index (κ3) is 5.00. The summed E-state index contributed by atoms with van der Waals surface area (Å²) in [7, 11) is 1.69. The van der Waals surface area contributed by atoms with Crippen molar-refractivity contribution in [3.05, 3.63) is 48.2 Å². The van der Waals surface area contributed by atoms with Crippen LogP contribution >= 0.6 is 0 Å². The van der Waals surface area contributed by atoms with Crippen molar-refractivity contribution in [1.82, 2.24) is 9.88 Å². The third-order valence-corrected chi connectivity index (χ3v) is 5.30. The van der Waals surface area contributed by atoms with Crippen LogP contribution in [0, 0.1) is 0 Å². The first-order valence-electron chi connectivity index (χ1n) is 10.6. The molecular weight excluding hydrogens is 364 g/mol. The van der Waals surface area contributed by atoms with Gasteiger partial charge in [0.05, 0.1) is 12.8 Å². The minimum Gasteiger partial charge on any atom is -0.495 e. The molecule has 6 nitrogen and oxygen atoms in total. The topological polar surface area (TPSA) is 48.9 Å². The number of carbonyl (C=O) groups is 1. The fraction of sp³-hybridized carbons (Fsp3) is 0.478. The van der Waals surface area contributed by atoms with Crippen LogP contribution in [0.15, 0.2) is 42.6 Å². The predicted molar refractivity (Wildman–Crippen MR) is 118 cm³/mol. The highest BCUT2D eigenvalue weighted by Crippen LogP contribution is 2.28. The molecule has 156 valence electrons. The number of pyridine rings is 1. The molecule has 29 heavy (non-hydrogen) atoms. The van der Waals surface area contributed by atoms with Gasteiger partial charge >= 0.3 is 0 Å². The molecule has 0 saturated carbocycles. The Morgan fingerprint density at radius 2 is 1.76 bits per heavy atom. The molecule has 1 aromatic heterocycles. The number of para-hydroxylation sites is 2. The fourth-order valence-corrected chi connectivity index (χ4v) is 3.83. The first kappa shape index (κ1) is 21.0. The molecule has 1 saturated heterocycles. The summed E-state index contributed by atoms with van der Waals surface area (Å²) in [6.07, 6.45) is 3.88. The van der Waals surface area contributed by atoms with Gasteiger partial charge in [-0.25, -0.2) is 4.98 Å². The number of hydrogen-bond acceptors (Lipinski definition) is 5. The van der Waals surface area contributed by atoms with Crippen molar-refractivity contribution in [2.75, 3.05) is 56.2 Å². The molecule has 0 N–H and O–H groups in total. The Morgan fingerprint density at radius 1 is 1.07 bits per heavy atom. The molecule has 0 unspecified atom stereocenters. The lowest BCUT2D eigenvalue weighted by atomic mass is 10.2. The van der Waals surface area contributed by atoms with Crippen LogP contribution in [0.3, 0.4) is 0 Å². The molecule has 1 aliphatic heterocycles. The maximum Gasteiger partial charge on any atom is 0.254 e. The average molecular weight is 397 g/mol. The first-order chi connectivity index (χ1) is 14.2. The second-order valence-electron chi connectivity index (χ2n) is 7.34. The number of aromatic nitrogens is 1. The fourth-order valence-electron chi connectivity index (χ4n) is 3.83. The van der Waals surface area contributed by atoms with Crippen LogP contribution < -0.4 is 14.5 Å². The van der Waals surface area contributed by atoms with Gasteiger partial charge in [-0.1, -0.05) is 26.0 Å². The van der Waals surface area contributed by atoms with Crippen LogP contribution in [0.25, 0.3) is 0 Å². The SMILES string of the molecule is CCCN(CCC)c1cc(C(=O)N2CCN(c3ccccc3OC)CC2)ccn1. The number of carbonyl (C=O) groups excluding carboxylic acids is 1. The van der Waals surface area contributed by atoms with E-state index in [1.54, 1.807) is 13.3 Å². The van der Waals surface area contributed by atoms with E-state index in [4.69, 9.17) is 4.74 Å². The molecule has 0 aliphatic carbocycles. The van der Waals surface area contributed by atoms with Gasteiger partial charge in [-0.15, -0.1) is 0 Å². The van der Waals surface area contributed by atoms with E-state index in [0.29, 0.717) is 13.1 Å². The summed E-state index contributed by atoms with van der Waals surface area (Å²) in [5.41, 5.74) is 1.81. The lowest BCUT2D eigenvalue weighted by molar-refractivity contribution is 0.0746. The second kappa shape index (κ2) is 10.1. The largest absolute Gasteiger partial charge is 0.495 e. The maximum atomic E-state index is 13.1. The molecule has 2 heterocycles. The zero-order chi connectivity index (χ0) is 20.6. The van der Waals surface area contributed by atoms with E-state index in [2.05, 4.69) is 34.7 Å². The standard InChI is InChI=1S/C23H32N4O2/c1-4-12-26(13-5-2)22-18-19(10-11-24-22)23(28)27-16-14-25(15-17-27)20-8-6-7-9-21(20)29-3/h6-11,18H,4-5,12-17H2,1-3H3. The number of ether oxygens (including phenoxy) is 1. The number of rotatable bonds is 8. The van der Waals surface area contributed by atoms with E-state index in [9.17, 15) is 4.79 Å². The maximum absolute atomic E-state index is 13.1. The third-order valence-electron chi connectivity index (χ3n) is 5.30. The summed E-state index contributed by atoms with van der Waals surface area (Å²) in [6.45, 7) is 9.22. The minimum atomic E-state index is 0.0845. The van der Waals surface area contributed by atoms with Gasteiger partial charge in [0.25, 0.3) is 5.91 Å². The van der Waals surface area contributed by atoms with Gasteiger partial charge in [-0.3, -0.25) is 4.79 Å². The zero-order valence-corrected chi connectivity index (χ0v) is 17.8. The smallest absolute Gasteiger partial charge is 0.254 e. The van der Waals surface area contributed by atoms with Crippen molar-refractivity contribution >= 4 is 17.4 Å². The van der Waals surface area contributed by atoms with Gasteiger partial charge in [-0.05, 0) is 37.1 Å². The van der Waals surface area contributed by atoms with Crippen LogP contribution in [-0.2, 0) is 0 Å². The molecule has 1 aliphatic rings. The highest BCUT2D eigenvalue weighted by Gasteiger charge is 2.24. The number of methoxy groups -OCH3 is 1. The number of nitrogens with zero attached hydrogens (tertiary/aromatic N) is 4. The van der Waals surface area contributed by atoms with Gasteiger partial charge in [0.15, 0.2) is 0 Å². The summed E-state index contributed by atoms with van der Waals surface area (Å²) in [4.78, 5) is 24.1. The van der Waals surface area contributed by atoms with Gasteiger partial charge in [-0.2, -0.15) is 0 Å². The van der Waals surface area contributed by atoms with E-state index < -0.39 is 0 Å². The van der Waals surface area contributed by atoms with Crippen molar-refractivity contribution in [1.29, 1.82) is 0 Å². The summed E-state index contributed by atoms with van der Waals surface area (Å²) in [5, 5.41) is 0. The Kier molecular flexibility index (Phi) is 7.33. The lowest BCUT2D eigenvalue weighted by Crippen LogP contribution is -2.48. The van der Waals surface area contributed by atoms with Gasteiger partial charge < -0.3 is 19.4 Å². The van der Waals surface area contributed by atoms with E-state index in [0.717, 1.165) is 61.8 Å².